The van der Waals surface area contributed by atoms with Crippen molar-refractivity contribution in [3.05, 3.63) is 35.9 Å². The van der Waals surface area contributed by atoms with Crippen LogP contribution in [0.2, 0.25) is 0 Å². The summed E-state index contributed by atoms with van der Waals surface area (Å²) in [6.07, 6.45) is 3.31. The number of hydrogen-bond acceptors (Lipinski definition) is 6. The minimum absolute atomic E-state index is 0.0199. The topological polar surface area (TPSA) is 76.1 Å². The van der Waals surface area contributed by atoms with E-state index in [2.05, 4.69) is 4.90 Å². The van der Waals surface area contributed by atoms with Crippen molar-refractivity contribution in [2.24, 2.45) is 5.92 Å². The van der Waals surface area contributed by atoms with Crippen LogP contribution in [-0.4, -0.2) is 54.4 Å². The zero-order valence-corrected chi connectivity index (χ0v) is 17.0. The fourth-order valence-electron chi connectivity index (χ4n) is 4.13. The monoisotopic (exact) mass is 391 g/mol. The molecule has 0 amide bonds. The third kappa shape index (κ3) is 6.04. The highest BCUT2D eigenvalue weighted by Crippen LogP contribution is 2.35. The van der Waals surface area contributed by atoms with Crippen LogP contribution in [0.25, 0.3) is 0 Å². The second-order valence-electron chi connectivity index (χ2n) is 7.11. The van der Waals surface area contributed by atoms with Gasteiger partial charge in [0.15, 0.2) is 0 Å². The Morgan fingerprint density at radius 3 is 2.54 bits per heavy atom. The van der Waals surface area contributed by atoms with Crippen molar-refractivity contribution in [1.29, 1.82) is 0 Å². The van der Waals surface area contributed by atoms with Crippen molar-refractivity contribution < 1.29 is 24.2 Å². The number of aliphatic hydroxyl groups excluding tert-OH is 1. The third-order valence-electron chi connectivity index (χ3n) is 5.35. The Morgan fingerprint density at radius 1 is 1.18 bits per heavy atom. The Morgan fingerprint density at radius 2 is 1.89 bits per heavy atom. The number of piperidine rings is 1. The smallest absolute Gasteiger partial charge is 0.310 e. The van der Waals surface area contributed by atoms with E-state index in [9.17, 15) is 14.7 Å². The van der Waals surface area contributed by atoms with Crippen LogP contribution >= 0.6 is 0 Å². The molecular weight excluding hydrogens is 358 g/mol. The molecule has 156 valence electrons. The average molecular weight is 392 g/mol. The number of nitrogens with zero attached hydrogens (tertiary/aromatic N) is 1. The standard InChI is InChI=1S/C22H33NO5/c1-3-27-21(25)14-8-13-19-18(22(26)28-4-2)12-9-15-23(19)20(16-24)17-10-6-5-7-11-17/h5-7,10-11,18-20,24H,3-4,8-9,12-16H2,1-2H3/t18-,19-,20-/m1/s1. The summed E-state index contributed by atoms with van der Waals surface area (Å²) in [5, 5.41) is 10.1. The molecule has 1 aromatic rings. The van der Waals surface area contributed by atoms with E-state index < -0.39 is 0 Å². The fraction of sp³-hybridized carbons (Fsp3) is 0.636. The van der Waals surface area contributed by atoms with Crippen LogP contribution in [0.5, 0.6) is 0 Å². The highest BCUT2D eigenvalue weighted by molar-refractivity contribution is 5.73. The van der Waals surface area contributed by atoms with Crippen LogP contribution in [0.3, 0.4) is 0 Å². The number of ether oxygens (including phenoxy) is 2. The van der Waals surface area contributed by atoms with Gasteiger partial charge in [0.1, 0.15) is 0 Å². The molecule has 0 radical (unpaired) electrons. The van der Waals surface area contributed by atoms with Gasteiger partial charge in [-0.15, -0.1) is 0 Å². The summed E-state index contributed by atoms with van der Waals surface area (Å²) < 4.78 is 10.4. The SMILES string of the molecule is CCOC(=O)CCC[C@@H]1[C@H](C(=O)OCC)CCCN1[C@H](CO)c1ccccc1. The molecule has 6 nitrogen and oxygen atoms in total. The predicted octanol–water partition coefficient (Wildman–Crippen LogP) is 3.10. The Balaban J connectivity index is 2.18. The lowest BCUT2D eigenvalue weighted by Crippen LogP contribution is -2.50. The number of rotatable bonds is 10. The van der Waals surface area contributed by atoms with Crippen molar-refractivity contribution in [2.75, 3.05) is 26.4 Å². The summed E-state index contributed by atoms with van der Waals surface area (Å²) in [6, 6.07) is 9.63. The van der Waals surface area contributed by atoms with Crippen LogP contribution in [0.4, 0.5) is 0 Å². The van der Waals surface area contributed by atoms with Crippen LogP contribution < -0.4 is 0 Å². The summed E-state index contributed by atoms with van der Waals surface area (Å²) in [6.45, 7) is 5.12. The van der Waals surface area contributed by atoms with Gasteiger partial charge in [0.25, 0.3) is 0 Å². The van der Waals surface area contributed by atoms with Gasteiger partial charge in [0.05, 0.1) is 31.8 Å². The van der Waals surface area contributed by atoms with Crippen molar-refractivity contribution in [3.63, 3.8) is 0 Å². The van der Waals surface area contributed by atoms with Gasteiger partial charge < -0.3 is 14.6 Å². The highest BCUT2D eigenvalue weighted by atomic mass is 16.5. The molecule has 0 saturated carbocycles. The first-order chi connectivity index (χ1) is 13.6. The molecule has 6 heteroatoms. The lowest BCUT2D eigenvalue weighted by molar-refractivity contribution is -0.153. The second-order valence-corrected chi connectivity index (χ2v) is 7.11. The first-order valence-electron chi connectivity index (χ1n) is 10.4. The quantitative estimate of drug-likeness (QED) is 0.618. The average Bonchev–Trinajstić information content (AvgIpc) is 2.70. The lowest BCUT2D eigenvalue weighted by atomic mass is 9.84. The molecule has 0 aliphatic carbocycles. The van der Waals surface area contributed by atoms with Gasteiger partial charge in [-0.25, -0.2) is 0 Å². The van der Waals surface area contributed by atoms with Gasteiger partial charge in [-0.05, 0) is 51.6 Å². The van der Waals surface area contributed by atoms with Gasteiger partial charge in [-0.1, -0.05) is 30.3 Å². The number of hydrogen-bond donors (Lipinski definition) is 1. The highest BCUT2D eigenvalue weighted by Gasteiger charge is 2.39. The lowest BCUT2D eigenvalue weighted by Gasteiger charge is -2.44. The molecule has 1 saturated heterocycles. The van der Waals surface area contributed by atoms with E-state index in [-0.39, 0.29) is 36.5 Å². The van der Waals surface area contributed by atoms with E-state index in [1.54, 1.807) is 6.92 Å². The Labute approximate surface area is 167 Å². The van der Waals surface area contributed by atoms with Crippen molar-refractivity contribution in [2.45, 2.75) is 58.0 Å². The van der Waals surface area contributed by atoms with Gasteiger partial charge in [-0.3, -0.25) is 14.5 Å². The number of carbonyl (C=O) groups is 2. The number of aliphatic hydroxyl groups is 1. The molecule has 0 aromatic heterocycles. The fourth-order valence-corrected chi connectivity index (χ4v) is 4.13. The van der Waals surface area contributed by atoms with E-state index >= 15 is 0 Å². The maximum absolute atomic E-state index is 12.6. The molecule has 28 heavy (non-hydrogen) atoms. The van der Waals surface area contributed by atoms with Gasteiger partial charge in [0.2, 0.25) is 0 Å². The molecular formula is C22H33NO5. The number of benzene rings is 1. The maximum atomic E-state index is 12.6. The largest absolute Gasteiger partial charge is 0.466 e. The molecule has 1 aliphatic rings. The van der Waals surface area contributed by atoms with Gasteiger partial charge in [0, 0.05) is 12.5 Å². The Hall–Kier alpha value is -1.92. The zero-order valence-electron chi connectivity index (χ0n) is 17.0. The third-order valence-corrected chi connectivity index (χ3v) is 5.35. The molecule has 1 heterocycles. The molecule has 1 N–H and O–H groups in total. The molecule has 3 atom stereocenters. The minimum Gasteiger partial charge on any atom is -0.466 e. The summed E-state index contributed by atoms with van der Waals surface area (Å²) in [4.78, 5) is 26.6. The Kier molecular flexibility index (Phi) is 9.44. The minimum atomic E-state index is -0.242. The molecule has 0 unspecified atom stereocenters. The maximum Gasteiger partial charge on any atom is 0.310 e. The van der Waals surface area contributed by atoms with Crippen LogP contribution in [0, 0.1) is 5.92 Å². The first-order valence-corrected chi connectivity index (χ1v) is 10.4. The Bertz CT molecular complexity index is 606. The summed E-state index contributed by atoms with van der Waals surface area (Å²) >= 11 is 0. The summed E-state index contributed by atoms with van der Waals surface area (Å²) in [5.41, 5.74) is 1.03. The molecule has 0 spiro atoms. The van der Waals surface area contributed by atoms with E-state index in [1.807, 2.05) is 37.3 Å². The molecule has 1 fully saturated rings. The summed E-state index contributed by atoms with van der Waals surface area (Å²) in [5.74, 6) is -0.633. The van der Waals surface area contributed by atoms with Gasteiger partial charge in [-0.2, -0.15) is 0 Å². The van der Waals surface area contributed by atoms with Crippen molar-refractivity contribution in [1.82, 2.24) is 4.90 Å². The number of carbonyl (C=O) groups excluding carboxylic acids is 2. The molecule has 1 aromatic carbocycles. The van der Waals surface area contributed by atoms with E-state index in [0.29, 0.717) is 32.5 Å². The second kappa shape index (κ2) is 11.8. The van der Waals surface area contributed by atoms with Crippen molar-refractivity contribution >= 4 is 11.9 Å². The first kappa shape index (κ1) is 22.4. The van der Waals surface area contributed by atoms with Gasteiger partial charge >= 0.3 is 11.9 Å². The van der Waals surface area contributed by atoms with Crippen molar-refractivity contribution in [3.8, 4) is 0 Å². The van der Waals surface area contributed by atoms with Crippen LogP contribution in [0.1, 0.15) is 57.6 Å². The molecule has 2 rings (SSSR count). The molecule has 1 aliphatic heterocycles. The van der Waals surface area contributed by atoms with E-state index in [1.165, 1.54) is 0 Å². The normalized spacial score (nSPS) is 21.1. The van der Waals surface area contributed by atoms with Crippen LogP contribution in [0.15, 0.2) is 30.3 Å². The summed E-state index contributed by atoms with van der Waals surface area (Å²) in [7, 11) is 0. The predicted molar refractivity (Wildman–Crippen MR) is 107 cm³/mol. The number of likely N-dealkylation sites (tertiary alicyclic amines) is 1. The van der Waals surface area contributed by atoms with E-state index in [4.69, 9.17) is 9.47 Å². The van der Waals surface area contributed by atoms with E-state index in [0.717, 1.165) is 24.9 Å². The number of esters is 2. The van der Waals surface area contributed by atoms with Crippen LogP contribution in [-0.2, 0) is 19.1 Å². The molecule has 0 bridgehead atoms. The zero-order chi connectivity index (χ0) is 20.4.